The monoisotopic (exact) mass is 322 g/mol. The molecule has 0 aliphatic rings. The lowest BCUT2D eigenvalue weighted by Gasteiger charge is -2.06. The molecule has 3 aromatic rings. The van der Waals surface area contributed by atoms with Crippen molar-refractivity contribution >= 4 is 49.3 Å². The zero-order valence-corrected chi connectivity index (χ0v) is 12.5. The van der Waals surface area contributed by atoms with Crippen LogP contribution in [-0.2, 0) is 6.54 Å². The summed E-state index contributed by atoms with van der Waals surface area (Å²) in [7, 11) is 0. The summed E-state index contributed by atoms with van der Waals surface area (Å²) in [5.74, 6) is 0. The molecule has 0 aliphatic carbocycles. The smallest absolute Gasteiger partial charge is 0.0707 e. The average molecular weight is 324 g/mol. The lowest BCUT2D eigenvalue weighted by Crippen LogP contribution is -1.96. The van der Waals surface area contributed by atoms with E-state index in [4.69, 9.17) is 11.6 Å². The van der Waals surface area contributed by atoms with E-state index < -0.39 is 0 Å². The van der Waals surface area contributed by atoms with E-state index >= 15 is 0 Å². The maximum absolute atomic E-state index is 6.16. The van der Waals surface area contributed by atoms with E-state index in [1.807, 2.05) is 25.3 Å². The van der Waals surface area contributed by atoms with Crippen LogP contribution in [0, 0.1) is 6.92 Å². The van der Waals surface area contributed by atoms with Gasteiger partial charge in [0.15, 0.2) is 0 Å². The standard InChI is InChI=1S/C14H12BrClN2/c1-3-18-13-8(2)17-5-4-10(13)11-6-9(16)7-12(15)14(11)18/h4-7H,3H2,1-2H3. The predicted octanol–water partition coefficient (Wildman–Crippen LogP) is 4.93. The molecule has 0 radical (unpaired) electrons. The normalized spacial score (nSPS) is 11.6. The van der Waals surface area contributed by atoms with Gasteiger partial charge in [0.05, 0.1) is 16.7 Å². The van der Waals surface area contributed by atoms with Gasteiger partial charge in [-0.05, 0) is 48.0 Å². The molecular weight excluding hydrogens is 312 g/mol. The Labute approximate surface area is 119 Å². The van der Waals surface area contributed by atoms with Gasteiger partial charge in [-0.25, -0.2) is 0 Å². The topological polar surface area (TPSA) is 17.8 Å². The van der Waals surface area contributed by atoms with Crippen LogP contribution in [0.2, 0.25) is 5.02 Å². The largest absolute Gasteiger partial charge is 0.338 e. The molecule has 0 spiro atoms. The molecule has 92 valence electrons. The Balaban J connectivity index is 2.66. The minimum absolute atomic E-state index is 0.749. The number of nitrogens with zero attached hydrogens (tertiary/aromatic N) is 2. The number of rotatable bonds is 1. The second-order valence-corrected chi connectivity index (χ2v) is 5.61. The predicted molar refractivity (Wildman–Crippen MR) is 80.4 cm³/mol. The fourth-order valence-corrected chi connectivity index (χ4v) is 3.61. The van der Waals surface area contributed by atoms with Crippen molar-refractivity contribution < 1.29 is 0 Å². The summed E-state index contributed by atoms with van der Waals surface area (Å²) in [6, 6.07) is 6.02. The molecule has 0 bridgehead atoms. The molecular formula is C14H12BrClN2. The Morgan fingerprint density at radius 2 is 2.06 bits per heavy atom. The number of fused-ring (bicyclic) bond motifs is 3. The number of aryl methyl sites for hydroxylation is 2. The van der Waals surface area contributed by atoms with Crippen LogP contribution in [0.3, 0.4) is 0 Å². The third kappa shape index (κ3) is 1.57. The van der Waals surface area contributed by atoms with E-state index in [2.05, 4.69) is 38.5 Å². The maximum atomic E-state index is 6.16. The number of halogens is 2. The summed E-state index contributed by atoms with van der Waals surface area (Å²) in [5, 5.41) is 3.14. The Hall–Kier alpha value is -1.06. The highest BCUT2D eigenvalue weighted by molar-refractivity contribution is 9.10. The highest BCUT2D eigenvalue weighted by Crippen LogP contribution is 2.36. The molecule has 1 aromatic carbocycles. The molecule has 0 aliphatic heterocycles. The molecule has 0 atom stereocenters. The quantitative estimate of drug-likeness (QED) is 0.620. The first kappa shape index (κ1) is 12.0. The maximum Gasteiger partial charge on any atom is 0.0707 e. The summed E-state index contributed by atoms with van der Waals surface area (Å²) in [5.41, 5.74) is 3.43. The zero-order valence-electron chi connectivity index (χ0n) is 10.2. The van der Waals surface area contributed by atoms with E-state index in [0.29, 0.717) is 0 Å². The van der Waals surface area contributed by atoms with Gasteiger partial charge in [0, 0.05) is 33.0 Å². The molecule has 0 saturated carbocycles. The number of hydrogen-bond donors (Lipinski definition) is 0. The fraction of sp³-hybridized carbons (Fsp3) is 0.214. The van der Waals surface area contributed by atoms with Crippen molar-refractivity contribution in [2.75, 3.05) is 0 Å². The van der Waals surface area contributed by atoms with Gasteiger partial charge in [-0.1, -0.05) is 11.6 Å². The van der Waals surface area contributed by atoms with E-state index in [-0.39, 0.29) is 0 Å². The third-order valence-corrected chi connectivity index (χ3v) is 4.10. The minimum Gasteiger partial charge on any atom is -0.338 e. The van der Waals surface area contributed by atoms with Crippen LogP contribution in [0.5, 0.6) is 0 Å². The SMILES string of the molecule is CCn1c2c(Br)cc(Cl)cc2c2ccnc(C)c21. The van der Waals surface area contributed by atoms with Crippen molar-refractivity contribution in [2.45, 2.75) is 20.4 Å². The Morgan fingerprint density at radius 3 is 2.78 bits per heavy atom. The first-order valence-corrected chi connectivity index (χ1v) is 7.03. The van der Waals surface area contributed by atoms with Crippen molar-refractivity contribution in [1.29, 1.82) is 0 Å². The minimum atomic E-state index is 0.749. The molecule has 4 heteroatoms. The van der Waals surface area contributed by atoms with Crippen LogP contribution in [-0.4, -0.2) is 9.55 Å². The fourth-order valence-electron chi connectivity index (χ4n) is 2.59. The second kappa shape index (κ2) is 4.25. The lowest BCUT2D eigenvalue weighted by atomic mass is 10.2. The van der Waals surface area contributed by atoms with E-state index in [9.17, 15) is 0 Å². The van der Waals surface area contributed by atoms with Crippen LogP contribution in [0.15, 0.2) is 28.9 Å². The second-order valence-electron chi connectivity index (χ2n) is 4.32. The summed E-state index contributed by atoms with van der Waals surface area (Å²) in [4.78, 5) is 4.39. The summed E-state index contributed by atoms with van der Waals surface area (Å²) in [6.45, 7) is 5.10. The van der Waals surface area contributed by atoms with Gasteiger partial charge in [-0.2, -0.15) is 0 Å². The number of hydrogen-bond acceptors (Lipinski definition) is 1. The first-order chi connectivity index (χ1) is 8.63. The van der Waals surface area contributed by atoms with Crippen LogP contribution in [0.1, 0.15) is 12.6 Å². The molecule has 0 saturated heterocycles. The molecule has 2 heterocycles. The highest BCUT2D eigenvalue weighted by Gasteiger charge is 2.14. The molecule has 2 aromatic heterocycles. The van der Waals surface area contributed by atoms with Gasteiger partial charge >= 0.3 is 0 Å². The number of aromatic nitrogens is 2. The Bertz CT molecular complexity index is 761. The molecule has 0 fully saturated rings. The molecule has 0 N–H and O–H groups in total. The van der Waals surface area contributed by atoms with Gasteiger partial charge in [0.25, 0.3) is 0 Å². The van der Waals surface area contributed by atoms with Crippen molar-refractivity contribution in [3.63, 3.8) is 0 Å². The van der Waals surface area contributed by atoms with Crippen molar-refractivity contribution in [2.24, 2.45) is 0 Å². The average Bonchev–Trinajstić information content (AvgIpc) is 2.65. The number of benzene rings is 1. The van der Waals surface area contributed by atoms with E-state index in [1.165, 1.54) is 21.8 Å². The Morgan fingerprint density at radius 1 is 1.28 bits per heavy atom. The van der Waals surface area contributed by atoms with Gasteiger partial charge in [-0.15, -0.1) is 0 Å². The van der Waals surface area contributed by atoms with Gasteiger partial charge in [-0.3, -0.25) is 4.98 Å². The van der Waals surface area contributed by atoms with Crippen LogP contribution in [0.25, 0.3) is 21.8 Å². The lowest BCUT2D eigenvalue weighted by molar-refractivity contribution is 0.820. The first-order valence-electron chi connectivity index (χ1n) is 5.86. The molecule has 18 heavy (non-hydrogen) atoms. The van der Waals surface area contributed by atoms with Crippen LogP contribution < -0.4 is 0 Å². The summed E-state index contributed by atoms with van der Waals surface area (Å²) in [6.07, 6.45) is 1.85. The molecule has 0 amide bonds. The van der Waals surface area contributed by atoms with Crippen LogP contribution in [0.4, 0.5) is 0 Å². The van der Waals surface area contributed by atoms with Gasteiger partial charge in [0.1, 0.15) is 0 Å². The third-order valence-electron chi connectivity index (χ3n) is 3.28. The van der Waals surface area contributed by atoms with Gasteiger partial charge < -0.3 is 4.57 Å². The Kier molecular flexibility index (Phi) is 2.83. The molecule has 0 unspecified atom stereocenters. The van der Waals surface area contributed by atoms with Crippen molar-refractivity contribution in [1.82, 2.24) is 9.55 Å². The van der Waals surface area contributed by atoms with Crippen LogP contribution >= 0.6 is 27.5 Å². The van der Waals surface area contributed by atoms with Crippen molar-refractivity contribution in [3.05, 3.63) is 39.6 Å². The molecule has 2 nitrogen and oxygen atoms in total. The summed E-state index contributed by atoms with van der Waals surface area (Å²) >= 11 is 9.78. The number of pyridine rings is 1. The van der Waals surface area contributed by atoms with Gasteiger partial charge in [0.2, 0.25) is 0 Å². The molecule has 3 rings (SSSR count). The zero-order chi connectivity index (χ0) is 12.9. The highest BCUT2D eigenvalue weighted by atomic mass is 79.9. The summed E-state index contributed by atoms with van der Waals surface area (Å²) < 4.78 is 3.32. The van der Waals surface area contributed by atoms with E-state index in [0.717, 1.165) is 21.7 Å². The van der Waals surface area contributed by atoms with E-state index in [1.54, 1.807) is 0 Å². The van der Waals surface area contributed by atoms with Crippen molar-refractivity contribution in [3.8, 4) is 0 Å².